The van der Waals surface area contributed by atoms with E-state index in [1.807, 2.05) is 6.92 Å². The van der Waals surface area contributed by atoms with Crippen molar-refractivity contribution in [1.82, 2.24) is 0 Å². The number of fused-ring (bicyclic) bond motifs is 3. The zero-order valence-corrected chi connectivity index (χ0v) is 14.5. The molecule has 0 aliphatic rings. The fourth-order valence-electron chi connectivity index (χ4n) is 2.98. The lowest BCUT2D eigenvalue weighted by molar-refractivity contribution is 0.201. The smallest absolute Gasteiger partial charge is 0.201 e. The number of rotatable bonds is 6. The minimum Gasteiger partial charge on any atom is -0.490 e. The monoisotopic (exact) mass is 366 g/mol. The average Bonchev–Trinajstić information content (AvgIpc) is 2.64. The molecule has 0 atom stereocenters. The predicted molar refractivity (Wildman–Crippen MR) is 92.7 cm³/mol. The Hall–Kier alpha value is -2.34. The molecule has 0 heterocycles. The number of halogens is 4. The Morgan fingerprint density at radius 1 is 0.808 bits per heavy atom. The van der Waals surface area contributed by atoms with Gasteiger partial charge in [0.05, 0.1) is 13.2 Å². The van der Waals surface area contributed by atoms with Crippen LogP contribution < -0.4 is 4.74 Å². The zero-order chi connectivity index (χ0) is 18.8. The molecule has 0 N–H and O–H groups in total. The summed E-state index contributed by atoms with van der Waals surface area (Å²) < 4.78 is 68.2. The maximum absolute atomic E-state index is 14.7. The van der Waals surface area contributed by atoms with E-state index in [0.29, 0.717) is 11.8 Å². The van der Waals surface area contributed by atoms with Crippen molar-refractivity contribution in [3.05, 3.63) is 53.1 Å². The molecule has 0 saturated heterocycles. The van der Waals surface area contributed by atoms with Crippen LogP contribution in [0.15, 0.2) is 24.3 Å². The Bertz CT molecular complexity index is 891. The summed E-state index contributed by atoms with van der Waals surface area (Å²) in [6.07, 6.45) is 0.800. The van der Waals surface area contributed by atoms with Gasteiger partial charge in [-0.05, 0) is 41.3 Å². The van der Waals surface area contributed by atoms with Crippen LogP contribution in [0.3, 0.4) is 0 Å². The maximum Gasteiger partial charge on any atom is 0.201 e. The predicted octanol–water partition coefficient (Wildman–Crippen LogP) is 5.53. The highest BCUT2D eigenvalue weighted by Crippen LogP contribution is 2.36. The van der Waals surface area contributed by atoms with Gasteiger partial charge in [-0.3, -0.25) is 0 Å². The van der Waals surface area contributed by atoms with Crippen LogP contribution in [0.5, 0.6) is 5.75 Å². The lowest BCUT2D eigenvalue weighted by Crippen LogP contribution is -2.03. The van der Waals surface area contributed by atoms with Crippen molar-refractivity contribution in [3.8, 4) is 5.75 Å². The lowest BCUT2D eigenvalue weighted by Gasteiger charge is -2.13. The summed E-state index contributed by atoms with van der Waals surface area (Å²) in [7, 11) is 1.46. The minimum absolute atomic E-state index is 0.125. The number of hydrogen-bond donors (Lipinski definition) is 0. The van der Waals surface area contributed by atoms with Gasteiger partial charge in [0.2, 0.25) is 5.82 Å². The van der Waals surface area contributed by atoms with Gasteiger partial charge in [-0.1, -0.05) is 19.1 Å². The molecule has 0 aromatic heterocycles. The molecule has 3 rings (SSSR count). The summed E-state index contributed by atoms with van der Waals surface area (Å²) >= 11 is 0. The van der Waals surface area contributed by atoms with Gasteiger partial charge >= 0.3 is 0 Å². The fourth-order valence-corrected chi connectivity index (χ4v) is 2.98. The van der Waals surface area contributed by atoms with Crippen molar-refractivity contribution in [2.24, 2.45) is 0 Å². The van der Waals surface area contributed by atoms with Gasteiger partial charge in [0, 0.05) is 17.9 Å². The Balaban J connectivity index is 2.28. The third-order valence-corrected chi connectivity index (χ3v) is 4.25. The quantitative estimate of drug-likeness (QED) is 0.422. The van der Waals surface area contributed by atoms with Gasteiger partial charge in [0.25, 0.3) is 0 Å². The topological polar surface area (TPSA) is 18.5 Å². The Labute approximate surface area is 148 Å². The molecule has 3 aromatic carbocycles. The number of hydrogen-bond acceptors (Lipinski definition) is 2. The second-order valence-corrected chi connectivity index (χ2v) is 6.02. The minimum atomic E-state index is -1.25. The highest BCUT2D eigenvalue weighted by Gasteiger charge is 2.21. The van der Waals surface area contributed by atoms with E-state index in [2.05, 4.69) is 0 Å². The fraction of sp³-hybridized carbons (Fsp3) is 0.300. The van der Waals surface area contributed by atoms with Crippen LogP contribution in [0.4, 0.5) is 17.6 Å². The summed E-state index contributed by atoms with van der Waals surface area (Å²) in [6.45, 7) is 2.28. The molecule has 0 aliphatic heterocycles. The van der Waals surface area contributed by atoms with E-state index in [4.69, 9.17) is 9.47 Å². The molecular weight excluding hydrogens is 348 g/mol. The molecule has 0 aliphatic carbocycles. The van der Waals surface area contributed by atoms with Gasteiger partial charge in [-0.2, -0.15) is 4.39 Å². The van der Waals surface area contributed by atoms with Gasteiger partial charge in [-0.15, -0.1) is 0 Å². The van der Waals surface area contributed by atoms with Gasteiger partial charge < -0.3 is 9.47 Å². The molecule has 6 heteroatoms. The van der Waals surface area contributed by atoms with Gasteiger partial charge in [-0.25, -0.2) is 13.2 Å². The second-order valence-electron chi connectivity index (χ2n) is 6.02. The number of benzene rings is 3. The molecule has 0 unspecified atom stereocenters. The van der Waals surface area contributed by atoms with Crippen LogP contribution in [0, 0.1) is 23.3 Å². The SMILES string of the molecule is CCCOc1cc2ccc3cc(CCOC)c(F)c(F)c3c2c(F)c1F. The van der Waals surface area contributed by atoms with Crippen LogP contribution >= 0.6 is 0 Å². The van der Waals surface area contributed by atoms with Crippen LogP contribution in [0.2, 0.25) is 0 Å². The lowest BCUT2D eigenvalue weighted by atomic mass is 9.97. The highest BCUT2D eigenvalue weighted by molar-refractivity contribution is 6.08. The normalized spacial score (nSPS) is 11.5. The van der Waals surface area contributed by atoms with Crippen LogP contribution in [-0.4, -0.2) is 20.3 Å². The number of ether oxygens (including phenoxy) is 2. The first-order valence-corrected chi connectivity index (χ1v) is 8.32. The van der Waals surface area contributed by atoms with Crippen LogP contribution in [0.25, 0.3) is 21.5 Å². The first-order chi connectivity index (χ1) is 12.5. The van der Waals surface area contributed by atoms with Gasteiger partial charge in [0.15, 0.2) is 23.2 Å². The third kappa shape index (κ3) is 3.09. The van der Waals surface area contributed by atoms with Crippen LogP contribution in [-0.2, 0) is 11.2 Å². The summed E-state index contributed by atoms with van der Waals surface area (Å²) in [5.41, 5.74) is 0.125. The molecule has 138 valence electrons. The molecule has 0 spiro atoms. The molecule has 0 fully saturated rings. The van der Waals surface area contributed by atoms with Crippen LogP contribution in [0.1, 0.15) is 18.9 Å². The van der Waals surface area contributed by atoms with E-state index in [-0.39, 0.29) is 47.1 Å². The Morgan fingerprint density at radius 2 is 1.42 bits per heavy atom. The largest absolute Gasteiger partial charge is 0.490 e. The third-order valence-electron chi connectivity index (χ3n) is 4.25. The summed E-state index contributed by atoms with van der Waals surface area (Å²) in [6, 6.07) is 5.83. The van der Waals surface area contributed by atoms with E-state index < -0.39 is 23.3 Å². The molecule has 26 heavy (non-hydrogen) atoms. The second kappa shape index (κ2) is 7.50. The number of methoxy groups -OCH3 is 1. The van der Waals surface area contributed by atoms with Crippen molar-refractivity contribution in [1.29, 1.82) is 0 Å². The first kappa shape index (κ1) is 18.5. The molecule has 3 aromatic rings. The summed E-state index contributed by atoms with van der Waals surface area (Å²) in [4.78, 5) is 0. The standard InChI is InChI=1S/C20H18F4O2/c1-3-7-26-14-10-12-5-4-11-9-13(6-8-25-2)17(21)19(23)15(11)16(12)20(24)18(14)22/h4-5,9-10H,3,6-8H2,1-2H3. The van der Waals surface area contributed by atoms with Crippen molar-refractivity contribution < 1.29 is 27.0 Å². The van der Waals surface area contributed by atoms with E-state index in [9.17, 15) is 17.6 Å². The molecular formula is C20H18F4O2. The van der Waals surface area contributed by atoms with E-state index in [1.54, 1.807) is 6.07 Å². The van der Waals surface area contributed by atoms with Crippen molar-refractivity contribution in [3.63, 3.8) is 0 Å². The summed E-state index contributed by atoms with van der Waals surface area (Å²) in [5.74, 6) is -4.97. The molecule has 0 radical (unpaired) electrons. The maximum atomic E-state index is 14.7. The first-order valence-electron chi connectivity index (χ1n) is 8.32. The van der Waals surface area contributed by atoms with Gasteiger partial charge in [0.1, 0.15) is 0 Å². The molecule has 0 amide bonds. The molecule has 0 bridgehead atoms. The Kier molecular flexibility index (Phi) is 5.32. The van der Waals surface area contributed by atoms with Crippen molar-refractivity contribution in [2.45, 2.75) is 19.8 Å². The highest BCUT2D eigenvalue weighted by atomic mass is 19.2. The van der Waals surface area contributed by atoms with E-state index in [1.165, 1.54) is 25.3 Å². The molecule has 0 saturated carbocycles. The molecule has 2 nitrogen and oxygen atoms in total. The van der Waals surface area contributed by atoms with E-state index in [0.717, 1.165) is 0 Å². The average molecular weight is 366 g/mol. The Morgan fingerprint density at radius 3 is 2.04 bits per heavy atom. The summed E-state index contributed by atoms with van der Waals surface area (Å²) in [5, 5.41) is -0.0355. The van der Waals surface area contributed by atoms with E-state index >= 15 is 0 Å². The zero-order valence-electron chi connectivity index (χ0n) is 14.5. The van der Waals surface area contributed by atoms with Crippen molar-refractivity contribution >= 4 is 21.5 Å². The van der Waals surface area contributed by atoms with Crippen molar-refractivity contribution in [2.75, 3.05) is 20.3 Å².